The first-order valence-corrected chi connectivity index (χ1v) is 7.91. The topological polar surface area (TPSA) is 89.3 Å². The molecular weight excluding hydrogens is 312 g/mol. The molecule has 1 heterocycles. The maximum absolute atomic E-state index is 12.2. The number of carbonyl (C=O) groups excluding carboxylic acids is 3. The number of hydrogen-bond acceptors (Lipinski definition) is 4. The van der Waals surface area contributed by atoms with Crippen molar-refractivity contribution in [1.29, 1.82) is 0 Å². The summed E-state index contributed by atoms with van der Waals surface area (Å²) in [6, 6.07) is 8.06. The number of primary amides is 1. The van der Waals surface area contributed by atoms with Gasteiger partial charge in [0.15, 0.2) is 5.78 Å². The first-order valence-electron chi connectivity index (χ1n) is 7.03. The number of amides is 2. The highest BCUT2D eigenvalue weighted by atomic mass is 32.1. The van der Waals surface area contributed by atoms with Crippen LogP contribution < -0.4 is 11.1 Å². The Labute approximate surface area is 138 Å². The summed E-state index contributed by atoms with van der Waals surface area (Å²) in [6.45, 7) is 5.54. The summed E-state index contributed by atoms with van der Waals surface area (Å²) < 4.78 is 0. The summed E-state index contributed by atoms with van der Waals surface area (Å²) >= 11 is 1.17. The lowest BCUT2D eigenvalue weighted by Crippen LogP contribution is -2.20. The van der Waals surface area contributed by atoms with Gasteiger partial charge in [0.1, 0.15) is 4.88 Å². The first kappa shape index (κ1) is 16.9. The lowest BCUT2D eigenvalue weighted by Gasteiger charge is -2.16. The minimum Gasteiger partial charge on any atom is -0.365 e. The summed E-state index contributed by atoms with van der Waals surface area (Å²) in [7, 11) is 0. The Hall–Kier alpha value is -2.47. The molecule has 3 N–H and O–H groups in total. The molecule has 2 aromatic rings. The van der Waals surface area contributed by atoms with Crippen LogP contribution in [0.2, 0.25) is 0 Å². The number of hydrogen-bond donors (Lipinski definition) is 2. The zero-order chi connectivity index (χ0) is 17.2. The minimum atomic E-state index is -0.582. The van der Waals surface area contributed by atoms with Crippen LogP contribution in [-0.4, -0.2) is 17.6 Å². The predicted octanol–water partition coefficient (Wildman–Crippen LogP) is 3.33. The van der Waals surface area contributed by atoms with Crippen LogP contribution in [0.5, 0.6) is 0 Å². The normalized spacial score (nSPS) is 11.1. The second-order valence-corrected chi connectivity index (χ2v) is 7.05. The van der Waals surface area contributed by atoms with Gasteiger partial charge in [-0.05, 0) is 23.6 Å². The van der Waals surface area contributed by atoms with Crippen molar-refractivity contribution in [1.82, 2.24) is 0 Å². The van der Waals surface area contributed by atoms with E-state index in [0.717, 1.165) is 0 Å². The standard InChI is InChI=1S/C17H18N2O3S/c1-17(2,3)14(20)10-4-6-11(7-5-10)16(22)19-12-8-9-23-13(12)15(18)21/h4-9H,1-3H3,(H2,18,21)(H,19,22). The third kappa shape index (κ3) is 3.84. The summed E-state index contributed by atoms with van der Waals surface area (Å²) in [4.78, 5) is 36.0. The molecule has 0 bridgehead atoms. The minimum absolute atomic E-state index is 0.0123. The van der Waals surface area contributed by atoms with Crippen LogP contribution in [0.15, 0.2) is 35.7 Å². The van der Waals surface area contributed by atoms with Crippen LogP contribution in [0.4, 0.5) is 5.69 Å². The molecular formula is C17H18N2O3S. The van der Waals surface area contributed by atoms with Crippen LogP contribution in [0.3, 0.4) is 0 Å². The van der Waals surface area contributed by atoms with E-state index in [2.05, 4.69) is 5.32 Å². The summed E-state index contributed by atoms with van der Waals surface area (Å²) in [6.07, 6.45) is 0. The summed E-state index contributed by atoms with van der Waals surface area (Å²) in [5.74, 6) is -0.930. The molecule has 0 aliphatic carbocycles. The van der Waals surface area contributed by atoms with E-state index in [1.165, 1.54) is 11.3 Å². The van der Waals surface area contributed by atoms with E-state index >= 15 is 0 Å². The number of rotatable bonds is 4. The Kier molecular flexibility index (Phi) is 4.65. The van der Waals surface area contributed by atoms with Gasteiger partial charge in [-0.1, -0.05) is 32.9 Å². The zero-order valence-corrected chi connectivity index (χ0v) is 14.0. The quantitative estimate of drug-likeness (QED) is 0.843. The van der Waals surface area contributed by atoms with Gasteiger partial charge in [0.25, 0.3) is 11.8 Å². The molecule has 5 nitrogen and oxygen atoms in total. The van der Waals surface area contributed by atoms with E-state index in [9.17, 15) is 14.4 Å². The van der Waals surface area contributed by atoms with Crippen molar-refractivity contribution in [3.63, 3.8) is 0 Å². The molecule has 2 amide bonds. The number of anilines is 1. The Balaban J connectivity index is 2.16. The van der Waals surface area contributed by atoms with Gasteiger partial charge < -0.3 is 11.1 Å². The fourth-order valence-corrected chi connectivity index (χ4v) is 2.70. The van der Waals surface area contributed by atoms with E-state index < -0.39 is 11.3 Å². The molecule has 0 spiro atoms. The molecule has 6 heteroatoms. The molecule has 23 heavy (non-hydrogen) atoms. The maximum atomic E-state index is 12.2. The van der Waals surface area contributed by atoms with Crippen molar-refractivity contribution >= 4 is 34.6 Å². The van der Waals surface area contributed by atoms with E-state index in [1.54, 1.807) is 35.7 Å². The van der Waals surface area contributed by atoms with Crippen LogP contribution in [-0.2, 0) is 0 Å². The van der Waals surface area contributed by atoms with E-state index in [0.29, 0.717) is 21.7 Å². The maximum Gasteiger partial charge on any atom is 0.260 e. The fourth-order valence-electron chi connectivity index (χ4n) is 2.00. The number of nitrogens with one attached hydrogen (secondary N) is 1. The molecule has 0 radical (unpaired) electrons. The van der Waals surface area contributed by atoms with Crippen molar-refractivity contribution in [2.45, 2.75) is 20.8 Å². The first-order chi connectivity index (χ1) is 10.7. The number of nitrogens with two attached hydrogens (primary N) is 1. The Morgan fingerprint density at radius 3 is 2.09 bits per heavy atom. The van der Waals surface area contributed by atoms with Crippen molar-refractivity contribution in [3.05, 3.63) is 51.7 Å². The highest BCUT2D eigenvalue weighted by Gasteiger charge is 2.23. The van der Waals surface area contributed by atoms with E-state index in [-0.39, 0.29) is 11.7 Å². The molecule has 2 rings (SSSR count). The number of Topliss-reactive ketones (excluding diaryl/α,β-unsaturated/α-hetero) is 1. The second kappa shape index (κ2) is 6.34. The van der Waals surface area contributed by atoms with Crippen LogP contribution in [0, 0.1) is 5.41 Å². The smallest absolute Gasteiger partial charge is 0.260 e. The predicted molar refractivity (Wildman–Crippen MR) is 91.0 cm³/mol. The third-order valence-electron chi connectivity index (χ3n) is 3.23. The van der Waals surface area contributed by atoms with Gasteiger partial charge in [-0.15, -0.1) is 11.3 Å². The number of carbonyl (C=O) groups is 3. The van der Waals surface area contributed by atoms with Gasteiger partial charge in [0, 0.05) is 16.5 Å². The average Bonchev–Trinajstić information content (AvgIpc) is 2.94. The molecule has 0 aliphatic heterocycles. The Morgan fingerprint density at radius 2 is 1.57 bits per heavy atom. The van der Waals surface area contributed by atoms with Gasteiger partial charge in [0.05, 0.1) is 5.69 Å². The monoisotopic (exact) mass is 330 g/mol. The Bertz CT molecular complexity index is 755. The molecule has 0 unspecified atom stereocenters. The number of benzene rings is 1. The van der Waals surface area contributed by atoms with E-state index in [1.807, 2.05) is 20.8 Å². The summed E-state index contributed by atoms with van der Waals surface area (Å²) in [5.41, 5.74) is 6.12. The highest BCUT2D eigenvalue weighted by Crippen LogP contribution is 2.23. The van der Waals surface area contributed by atoms with Gasteiger partial charge in [-0.2, -0.15) is 0 Å². The molecule has 1 aromatic carbocycles. The average molecular weight is 330 g/mol. The highest BCUT2D eigenvalue weighted by molar-refractivity contribution is 7.12. The number of thiophene rings is 1. The zero-order valence-electron chi connectivity index (χ0n) is 13.2. The van der Waals surface area contributed by atoms with Crippen molar-refractivity contribution in [2.75, 3.05) is 5.32 Å². The molecule has 0 fully saturated rings. The lowest BCUT2D eigenvalue weighted by molar-refractivity contribution is 0.0857. The third-order valence-corrected chi connectivity index (χ3v) is 4.16. The molecule has 0 aliphatic rings. The number of ketones is 1. The molecule has 0 saturated heterocycles. The van der Waals surface area contributed by atoms with Gasteiger partial charge in [-0.3, -0.25) is 14.4 Å². The largest absolute Gasteiger partial charge is 0.365 e. The van der Waals surface area contributed by atoms with Crippen molar-refractivity contribution in [3.8, 4) is 0 Å². The van der Waals surface area contributed by atoms with E-state index in [4.69, 9.17) is 5.73 Å². The van der Waals surface area contributed by atoms with Gasteiger partial charge in [-0.25, -0.2) is 0 Å². The van der Waals surface area contributed by atoms with Crippen molar-refractivity contribution in [2.24, 2.45) is 11.1 Å². The molecule has 0 saturated carbocycles. The molecule has 0 atom stereocenters. The van der Waals surface area contributed by atoms with Gasteiger partial charge in [0.2, 0.25) is 0 Å². The molecule has 1 aromatic heterocycles. The van der Waals surface area contributed by atoms with Crippen LogP contribution >= 0.6 is 11.3 Å². The van der Waals surface area contributed by atoms with Crippen LogP contribution in [0.1, 0.15) is 51.2 Å². The van der Waals surface area contributed by atoms with Gasteiger partial charge >= 0.3 is 0 Å². The molecule has 120 valence electrons. The van der Waals surface area contributed by atoms with Crippen LogP contribution in [0.25, 0.3) is 0 Å². The second-order valence-electron chi connectivity index (χ2n) is 6.14. The lowest BCUT2D eigenvalue weighted by atomic mass is 9.86. The summed E-state index contributed by atoms with van der Waals surface area (Å²) in [5, 5.41) is 4.33. The fraction of sp³-hybridized carbons (Fsp3) is 0.235. The Morgan fingerprint density at radius 1 is 1.00 bits per heavy atom. The SMILES string of the molecule is CC(C)(C)C(=O)c1ccc(C(=O)Nc2ccsc2C(N)=O)cc1. The van der Waals surface area contributed by atoms with Crippen molar-refractivity contribution < 1.29 is 14.4 Å².